The Morgan fingerprint density at radius 3 is 2.67 bits per heavy atom. The maximum atomic E-state index is 13.4. The van der Waals surface area contributed by atoms with Gasteiger partial charge in [0.15, 0.2) is 0 Å². The molecule has 6 heteroatoms. The number of halogens is 3. The van der Waals surface area contributed by atoms with Crippen LogP contribution in [0.4, 0.5) is 14.6 Å². The number of amides is 1. The van der Waals surface area contributed by atoms with Crippen LogP contribution in [0.3, 0.4) is 0 Å². The van der Waals surface area contributed by atoms with Gasteiger partial charge in [0, 0.05) is 4.47 Å². The van der Waals surface area contributed by atoms with E-state index in [0.29, 0.717) is 4.47 Å². The molecule has 0 aliphatic rings. The second kappa shape index (κ2) is 5.22. The number of hydrogen-bond donors (Lipinski definition) is 1. The first-order valence-electron chi connectivity index (χ1n) is 4.94. The maximum Gasteiger partial charge on any atom is 0.259 e. The number of carbonyl (C=O) groups excluding carboxylic acids is 1. The Balaban J connectivity index is 2.21. The number of anilines is 1. The minimum absolute atomic E-state index is 0.115. The predicted octanol–water partition coefficient (Wildman–Crippen LogP) is 3.37. The zero-order valence-electron chi connectivity index (χ0n) is 8.95. The minimum Gasteiger partial charge on any atom is -0.306 e. The summed E-state index contributed by atoms with van der Waals surface area (Å²) < 4.78 is 26.6. The summed E-state index contributed by atoms with van der Waals surface area (Å²) in [6.07, 6.45) is 0.965. The number of rotatable bonds is 2. The zero-order valence-corrected chi connectivity index (χ0v) is 10.5. The van der Waals surface area contributed by atoms with Gasteiger partial charge in [-0.2, -0.15) is 0 Å². The molecule has 1 aromatic heterocycles. The van der Waals surface area contributed by atoms with Crippen molar-refractivity contribution in [2.75, 3.05) is 5.32 Å². The zero-order chi connectivity index (χ0) is 13.1. The standard InChI is InChI=1S/C12H7BrF2N2O/c13-7-1-3-10(15)9(5-7)12(18)17-11-4-2-8(14)6-16-11/h1-6H,(H,16,17,18). The van der Waals surface area contributed by atoms with Gasteiger partial charge in [0.2, 0.25) is 0 Å². The van der Waals surface area contributed by atoms with Crippen LogP contribution in [0.25, 0.3) is 0 Å². The van der Waals surface area contributed by atoms with Crippen LogP contribution in [0.1, 0.15) is 10.4 Å². The molecule has 1 heterocycles. The summed E-state index contributed by atoms with van der Waals surface area (Å²) >= 11 is 3.15. The van der Waals surface area contributed by atoms with Crippen molar-refractivity contribution >= 4 is 27.7 Å². The summed E-state index contributed by atoms with van der Waals surface area (Å²) in [5, 5.41) is 2.38. The normalized spacial score (nSPS) is 10.2. The molecule has 0 unspecified atom stereocenters. The smallest absolute Gasteiger partial charge is 0.259 e. The Bertz CT molecular complexity index is 587. The van der Waals surface area contributed by atoms with Crippen molar-refractivity contribution in [3.8, 4) is 0 Å². The summed E-state index contributed by atoms with van der Waals surface area (Å²) in [5.74, 6) is -1.65. The van der Waals surface area contributed by atoms with Crippen LogP contribution in [0.15, 0.2) is 41.0 Å². The predicted molar refractivity (Wildman–Crippen MR) is 66.2 cm³/mol. The van der Waals surface area contributed by atoms with Gasteiger partial charge in [0.05, 0.1) is 11.8 Å². The molecule has 0 atom stereocenters. The number of benzene rings is 1. The Labute approximate surface area is 110 Å². The lowest BCUT2D eigenvalue weighted by Crippen LogP contribution is -2.14. The summed E-state index contributed by atoms with van der Waals surface area (Å²) in [7, 11) is 0. The average Bonchev–Trinajstić information content (AvgIpc) is 2.35. The van der Waals surface area contributed by atoms with E-state index in [1.165, 1.54) is 24.3 Å². The van der Waals surface area contributed by atoms with Crippen LogP contribution in [0, 0.1) is 11.6 Å². The summed E-state index contributed by atoms with van der Waals surface area (Å²) in [6.45, 7) is 0. The third kappa shape index (κ3) is 2.89. The number of nitrogens with zero attached hydrogens (tertiary/aromatic N) is 1. The first-order valence-corrected chi connectivity index (χ1v) is 5.73. The second-order valence-corrected chi connectivity index (χ2v) is 4.36. The van der Waals surface area contributed by atoms with Gasteiger partial charge >= 0.3 is 0 Å². The molecule has 18 heavy (non-hydrogen) atoms. The minimum atomic E-state index is -0.645. The second-order valence-electron chi connectivity index (χ2n) is 3.44. The van der Waals surface area contributed by atoms with Crippen LogP contribution in [-0.2, 0) is 0 Å². The highest BCUT2D eigenvalue weighted by molar-refractivity contribution is 9.10. The average molecular weight is 313 g/mol. The van der Waals surface area contributed by atoms with E-state index in [1.807, 2.05) is 0 Å². The topological polar surface area (TPSA) is 42.0 Å². The number of pyridine rings is 1. The van der Waals surface area contributed by atoms with Gasteiger partial charge < -0.3 is 5.32 Å². The first kappa shape index (κ1) is 12.6. The van der Waals surface area contributed by atoms with E-state index in [0.717, 1.165) is 12.3 Å². The van der Waals surface area contributed by atoms with Gasteiger partial charge in [-0.25, -0.2) is 13.8 Å². The number of hydrogen-bond acceptors (Lipinski definition) is 2. The van der Waals surface area contributed by atoms with Gasteiger partial charge in [-0.05, 0) is 30.3 Å². The monoisotopic (exact) mass is 312 g/mol. The molecule has 2 rings (SSSR count). The van der Waals surface area contributed by atoms with Gasteiger partial charge in [-0.15, -0.1) is 0 Å². The van der Waals surface area contributed by atoms with Crippen molar-refractivity contribution in [2.45, 2.75) is 0 Å². The van der Waals surface area contributed by atoms with Crippen molar-refractivity contribution in [3.05, 3.63) is 58.2 Å². The number of aromatic nitrogens is 1. The van der Waals surface area contributed by atoms with Crippen molar-refractivity contribution in [1.82, 2.24) is 4.98 Å². The van der Waals surface area contributed by atoms with Gasteiger partial charge in [-0.1, -0.05) is 15.9 Å². The van der Waals surface area contributed by atoms with E-state index in [2.05, 4.69) is 26.2 Å². The molecule has 0 saturated carbocycles. The Hall–Kier alpha value is -1.82. The molecule has 1 N–H and O–H groups in total. The number of carbonyl (C=O) groups is 1. The number of nitrogens with one attached hydrogen (secondary N) is 1. The molecule has 0 aliphatic carbocycles. The van der Waals surface area contributed by atoms with Crippen molar-refractivity contribution in [2.24, 2.45) is 0 Å². The molecule has 1 aromatic carbocycles. The molecule has 0 fully saturated rings. The fourth-order valence-corrected chi connectivity index (χ4v) is 1.67. The van der Waals surface area contributed by atoms with Crippen molar-refractivity contribution < 1.29 is 13.6 Å². The molecular weight excluding hydrogens is 306 g/mol. The highest BCUT2D eigenvalue weighted by Crippen LogP contribution is 2.16. The molecule has 92 valence electrons. The molecule has 0 bridgehead atoms. The fourth-order valence-electron chi connectivity index (χ4n) is 1.30. The van der Waals surface area contributed by atoms with E-state index in [-0.39, 0.29) is 11.4 Å². The van der Waals surface area contributed by atoms with Crippen LogP contribution in [-0.4, -0.2) is 10.9 Å². The van der Waals surface area contributed by atoms with E-state index < -0.39 is 17.5 Å². The first-order chi connectivity index (χ1) is 8.56. The van der Waals surface area contributed by atoms with Crippen LogP contribution in [0.5, 0.6) is 0 Å². The van der Waals surface area contributed by atoms with Crippen molar-refractivity contribution in [1.29, 1.82) is 0 Å². The maximum absolute atomic E-state index is 13.4. The van der Waals surface area contributed by atoms with Gasteiger partial charge in [0.1, 0.15) is 17.5 Å². The van der Waals surface area contributed by atoms with Crippen LogP contribution >= 0.6 is 15.9 Å². The Morgan fingerprint density at radius 2 is 2.00 bits per heavy atom. The third-order valence-corrected chi connectivity index (χ3v) is 2.64. The van der Waals surface area contributed by atoms with Gasteiger partial charge in [-0.3, -0.25) is 4.79 Å². The highest BCUT2D eigenvalue weighted by Gasteiger charge is 2.12. The van der Waals surface area contributed by atoms with Crippen LogP contribution in [0.2, 0.25) is 0 Å². The molecule has 0 spiro atoms. The lowest BCUT2D eigenvalue weighted by Gasteiger charge is -2.05. The summed E-state index contributed by atoms with van der Waals surface area (Å²) in [4.78, 5) is 15.4. The van der Waals surface area contributed by atoms with Crippen LogP contribution < -0.4 is 5.32 Å². The SMILES string of the molecule is O=C(Nc1ccc(F)cn1)c1cc(Br)ccc1F. The molecule has 3 nitrogen and oxygen atoms in total. The molecule has 0 radical (unpaired) electrons. The highest BCUT2D eigenvalue weighted by atomic mass is 79.9. The largest absolute Gasteiger partial charge is 0.306 e. The molecule has 1 amide bonds. The van der Waals surface area contributed by atoms with Crippen molar-refractivity contribution in [3.63, 3.8) is 0 Å². The van der Waals surface area contributed by atoms with E-state index in [9.17, 15) is 13.6 Å². The molecule has 2 aromatic rings. The molecule has 0 aliphatic heterocycles. The quantitative estimate of drug-likeness (QED) is 0.923. The molecular formula is C12H7BrF2N2O. The Morgan fingerprint density at radius 1 is 1.22 bits per heavy atom. The third-order valence-electron chi connectivity index (χ3n) is 2.14. The van der Waals surface area contributed by atoms with Gasteiger partial charge in [0.25, 0.3) is 5.91 Å². The van der Waals surface area contributed by atoms with E-state index in [4.69, 9.17) is 0 Å². The fraction of sp³-hybridized carbons (Fsp3) is 0. The van der Waals surface area contributed by atoms with E-state index >= 15 is 0 Å². The lowest BCUT2D eigenvalue weighted by molar-refractivity contribution is 0.102. The lowest BCUT2D eigenvalue weighted by atomic mass is 10.2. The van der Waals surface area contributed by atoms with E-state index in [1.54, 1.807) is 0 Å². The molecule has 0 saturated heterocycles. The Kier molecular flexibility index (Phi) is 3.66. The summed E-state index contributed by atoms with van der Waals surface area (Å²) in [6, 6.07) is 6.47. The summed E-state index contributed by atoms with van der Waals surface area (Å²) in [5.41, 5.74) is -0.115.